The van der Waals surface area contributed by atoms with Crippen molar-refractivity contribution < 1.29 is 27.8 Å². The average Bonchev–Trinajstić information content (AvgIpc) is 3.63. The van der Waals surface area contributed by atoms with Crippen LogP contribution in [0.1, 0.15) is 43.4 Å². The third-order valence-corrected chi connectivity index (χ3v) is 11.2. The number of anilines is 1. The van der Waals surface area contributed by atoms with Gasteiger partial charge in [-0.25, -0.2) is 13.2 Å². The van der Waals surface area contributed by atoms with Crippen LogP contribution in [0.15, 0.2) is 60.7 Å². The molecule has 0 bridgehead atoms. The SMILES string of the molecule is C#Cc1c(F)ccc2cc(O)cc(-c3ncc4c(N5CCN(C(=O)C(F)=Cc6ccccn6)CC5)nc(OC[C@]56CCC[C@H]5N(C)CCC6)nc4c3F)c12. The quantitative estimate of drug-likeness (QED) is 0.148. The van der Waals surface area contributed by atoms with Gasteiger partial charge in [0.2, 0.25) is 0 Å². The lowest BCUT2D eigenvalue weighted by molar-refractivity contribution is -0.128. The zero-order valence-corrected chi connectivity index (χ0v) is 29.7. The molecule has 5 aromatic rings. The average molecular weight is 734 g/mol. The maximum Gasteiger partial charge on any atom is 0.319 e. The number of likely N-dealkylation sites (tertiary alicyclic amines) is 1. The summed E-state index contributed by atoms with van der Waals surface area (Å²) in [5.74, 6) is -0.633. The Hall–Kier alpha value is -5.74. The number of halogens is 3. The minimum atomic E-state index is -0.922. The first-order valence-corrected chi connectivity index (χ1v) is 18.1. The van der Waals surface area contributed by atoms with Gasteiger partial charge in [-0.15, -0.1) is 6.42 Å². The third-order valence-electron chi connectivity index (χ3n) is 11.2. The molecule has 0 radical (unpaired) electrons. The molecule has 8 rings (SSSR count). The Balaban J connectivity index is 1.17. The molecule has 2 saturated heterocycles. The highest BCUT2D eigenvalue weighted by atomic mass is 19.1. The molecule has 276 valence electrons. The van der Waals surface area contributed by atoms with Crippen LogP contribution in [-0.2, 0) is 4.79 Å². The van der Waals surface area contributed by atoms with Crippen LogP contribution in [0.2, 0.25) is 0 Å². The number of aromatic hydroxyl groups is 1. The van der Waals surface area contributed by atoms with Crippen LogP contribution >= 0.6 is 0 Å². The Bertz CT molecular complexity index is 2340. The number of carbonyl (C=O) groups excluding carboxylic acids is 1. The summed E-state index contributed by atoms with van der Waals surface area (Å²) in [5, 5.41) is 11.5. The summed E-state index contributed by atoms with van der Waals surface area (Å²) in [5.41, 5.74) is -0.00135. The summed E-state index contributed by atoms with van der Waals surface area (Å²) >= 11 is 0. The lowest BCUT2D eigenvalue weighted by atomic mass is 9.76. The molecule has 0 unspecified atom stereocenters. The fourth-order valence-electron chi connectivity index (χ4n) is 8.58. The van der Waals surface area contributed by atoms with E-state index in [0.29, 0.717) is 29.5 Å². The fourth-order valence-corrected chi connectivity index (χ4v) is 8.58. The van der Waals surface area contributed by atoms with E-state index < -0.39 is 23.4 Å². The van der Waals surface area contributed by atoms with Crippen LogP contribution in [0.25, 0.3) is 39.0 Å². The Morgan fingerprint density at radius 3 is 2.67 bits per heavy atom. The molecule has 3 aromatic heterocycles. The number of phenolic OH excluding ortho intramolecular Hbond substituents is 1. The van der Waals surface area contributed by atoms with Gasteiger partial charge in [-0.05, 0) is 75.0 Å². The summed E-state index contributed by atoms with van der Waals surface area (Å²) in [4.78, 5) is 36.7. The minimum Gasteiger partial charge on any atom is -0.508 e. The highest BCUT2D eigenvalue weighted by molar-refractivity contribution is 6.03. The number of phenols is 1. The number of amides is 1. The van der Waals surface area contributed by atoms with Gasteiger partial charge in [0.05, 0.1) is 23.3 Å². The van der Waals surface area contributed by atoms with Gasteiger partial charge in [0.1, 0.15) is 28.6 Å². The smallest absolute Gasteiger partial charge is 0.319 e. The molecule has 5 heterocycles. The molecule has 10 nitrogen and oxygen atoms in total. The number of piperidine rings is 1. The zero-order valence-electron chi connectivity index (χ0n) is 29.7. The van der Waals surface area contributed by atoms with Gasteiger partial charge < -0.3 is 24.5 Å². The third kappa shape index (κ3) is 6.34. The molecule has 2 aliphatic heterocycles. The normalized spacial score (nSPS) is 20.6. The van der Waals surface area contributed by atoms with E-state index in [4.69, 9.17) is 16.1 Å². The highest BCUT2D eigenvalue weighted by Crippen LogP contribution is 2.47. The molecular weight excluding hydrogens is 695 g/mol. The monoisotopic (exact) mass is 733 g/mol. The molecule has 1 amide bonds. The van der Waals surface area contributed by atoms with Gasteiger partial charge in [0, 0.05) is 67.1 Å². The number of carbonyl (C=O) groups is 1. The van der Waals surface area contributed by atoms with Crippen molar-refractivity contribution in [3.05, 3.63) is 83.6 Å². The van der Waals surface area contributed by atoms with Crippen LogP contribution in [0.5, 0.6) is 11.8 Å². The van der Waals surface area contributed by atoms with Crippen LogP contribution in [0.4, 0.5) is 19.0 Å². The number of aromatic nitrogens is 4. The summed E-state index contributed by atoms with van der Waals surface area (Å²) < 4.78 is 53.4. The van der Waals surface area contributed by atoms with Crippen molar-refractivity contribution in [2.75, 3.05) is 51.3 Å². The molecule has 1 saturated carbocycles. The lowest BCUT2D eigenvalue weighted by Gasteiger charge is -2.44. The second kappa shape index (κ2) is 14.2. The summed E-state index contributed by atoms with van der Waals surface area (Å²) in [6, 6.07) is 10.8. The van der Waals surface area contributed by atoms with E-state index in [1.54, 1.807) is 18.2 Å². The van der Waals surface area contributed by atoms with Crippen molar-refractivity contribution in [3.8, 4) is 35.4 Å². The molecule has 54 heavy (non-hydrogen) atoms. The van der Waals surface area contributed by atoms with Crippen LogP contribution in [0.3, 0.4) is 0 Å². The largest absolute Gasteiger partial charge is 0.508 e. The molecule has 2 atom stereocenters. The summed E-state index contributed by atoms with van der Waals surface area (Å²) in [7, 11) is 2.14. The maximum atomic E-state index is 17.0. The van der Waals surface area contributed by atoms with E-state index in [-0.39, 0.29) is 76.5 Å². The van der Waals surface area contributed by atoms with Crippen molar-refractivity contribution >= 4 is 39.5 Å². The van der Waals surface area contributed by atoms with E-state index in [2.05, 4.69) is 32.8 Å². The molecule has 13 heteroatoms. The molecule has 3 fully saturated rings. The van der Waals surface area contributed by atoms with Crippen LogP contribution in [0, 0.1) is 29.4 Å². The van der Waals surface area contributed by atoms with Crippen molar-refractivity contribution in [1.82, 2.24) is 29.7 Å². The van der Waals surface area contributed by atoms with E-state index in [1.165, 1.54) is 41.6 Å². The van der Waals surface area contributed by atoms with Crippen molar-refractivity contribution in [1.29, 1.82) is 0 Å². The molecule has 1 N–H and O–H groups in total. The first-order valence-electron chi connectivity index (χ1n) is 18.1. The molecule has 0 spiro atoms. The predicted octanol–water partition coefficient (Wildman–Crippen LogP) is 6.51. The first-order chi connectivity index (χ1) is 26.2. The van der Waals surface area contributed by atoms with Crippen molar-refractivity contribution in [2.45, 2.75) is 38.1 Å². The molecule has 2 aromatic carbocycles. The van der Waals surface area contributed by atoms with Gasteiger partial charge in [-0.3, -0.25) is 14.8 Å². The number of benzene rings is 2. The number of rotatable bonds is 7. The van der Waals surface area contributed by atoms with E-state index >= 15 is 4.39 Å². The van der Waals surface area contributed by atoms with Gasteiger partial charge >= 0.3 is 6.01 Å². The lowest BCUT2D eigenvalue weighted by Crippen LogP contribution is -2.50. The van der Waals surface area contributed by atoms with Gasteiger partial charge in [-0.1, -0.05) is 24.5 Å². The summed E-state index contributed by atoms with van der Waals surface area (Å²) in [6.45, 7) is 2.25. The van der Waals surface area contributed by atoms with Gasteiger partial charge in [-0.2, -0.15) is 9.97 Å². The second-order valence-corrected chi connectivity index (χ2v) is 14.3. The topological polar surface area (TPSA) is 108 Å². The van der Waals surface area contributed by atoms with Crippen molar-refractivity contribution in [3.63, 3.8) is 0 Å². The minimum absolute atomic E-state index is 0.0132. The number of pyridine rings is 2. The van der Waals surface area contributed by atoms with Crippen molar-refractivity contribution in [2.24, 2.45) is 5.41 Å². The number of hydrogen-bond donors (Lipinski definition) is 1. The van der Waals surface area contributed by atoms with Crippen LogP contribution < -0.4 is 9.64 Å². The van der Waals surface area contributed by atoms with E-state index in [0.717, 1.165) is 44.7 Å². The number of terminal acetylenes is 1. The molecule has 1 aliphatic carbocycles. The number of nitrogens with zero attached hydrogens (tertiary/aromatic N) is 7. The Kier molecular flexibility index (Phi) is 9.31. The standard InChI is InChI=1S/C41H38F3N7O3/c1-3-28-31(42)11-10-25-20-27(52)22-29(34(25)28)36-35(44)37-30(23-46-36)38(48-40(47-37)54-24-41-12-6-9-33(41)49(2)15-7-13-41)50-16-18-51(19-17-50)39(53)32(43)21-26-8-4-5-14-45-26/h1,4-5,8,10-11,14,20-23,33,52H,6-7,9,12-13,15-19,24H2,2H3/t33-,41-/m1/s1. The number of ether oxygens (including phenoxy) is 1. The molecular formula is C41H38F3N7O3. The Morgan fingerprint density at radius 1 is 1.07 bits per heavy atom. The predicted molar refractivity (Wildman–Crippen MR) is 199 cm³/mol. The fraction of sp³-hybridized carbons (Fsp3) is 0.341. The highest BCUT2D eigenvalue weighted by Gasteiger charge is 2.47. The first kappa shape index (κ1) is 35.3. The van der Waals surface area contributed by atoms with Gasteiger partial charge in [0.25, 0.3) is 5.91 Å². The van der Waals surface area contributed by atoms with E-state index in [9.17, 15) is 18.7 Å². The second-order valence-electron chi connectivity index (χ2n) is 14.3. The Labute approximate surface area is 310 Å². The maximum absolute atomic E-state index is 17.0. The number of fused-ring (bicyclic) bond motifs is 3. The zero-order chi connectivity index (χ0) is 37.6. The van der Waals surface area contributed by atoms with Gasteiger partial charge in [0.15, 0.2) is 11.6 Å². The number of piperazine rings is 1. The molecule has 3 aliphatic rings. The summed E-state index contributed by atoms with van der Waals surface area (Å²) in [6.07, 6.45) is 15.0. The van der Waals surface area contributed by atoms with E-state index in [1.807, 2.05) is 4.90 Å². The number of hydrogen-bond acceptors (Lipinski definition) is 9. The Morgan fingerprint density at radius 2 is 1.89 bits per heavy atom. The van der Waals surface area contributed by atoms with Crippen LogP contribution in [-0.4, -0.2) is 93.2 Å².